The lowest BCUT2D eigenvalue weighted by Gasteiger charge is -2.31. The van der Waals surface area contributed by atoms with Gasteiger partial charge in [-0.05, 0) is 31.5 Å². The predicted octanol–water partition coefficient (Wildman–Crippen LogP) is 3.71. The first-order valence-corrected chi connectivity index (χ1v) is 6.84. The van der Waals surface area contributed by atoms with Gasteiger partial charge in [-0.3, -0.25) is 10.1 Å². The highest BCUT2D eigenvalue weighted by Crippen LogP contribution is 2.32. The van der Waals surface area contributed by atoms with Crippen molar-refractivity contribution in [3.63, 3.8) is 0 Å². The van der Waals surface area contributed by atoms with Gasteiger partial charge in [0.05, 0.1) is 6.54 Å². The normalized spacial score (nSPS) is 14.7. The van der Waals surface area contributed by atoms with Gasteiger partial charge in [0.25, 0.3) is 0 Å². The number of rotatable bonds is 5. The van der Waals surface area contributed by atoms with Crippen molar-refractivity contribution < 1.29 is 18.0 Å². The summed E-state index contributed by atoms with van der Waals surface area (Å²) in [5, 5.41) is 4.80. The molecule has 0 aliphatic rings. The fourth-order valence-electron chi connectivity index (χ4n) is 1.47. The minimum Gasteiger partial charge on any atom is -0.325 e. The molecule has 1 amide bonds. The second kappa shape index (κ2) is 6.58. The van der Waals surface area contributed by atoms with Crippen molar-refractivity contribution in [2.75, 3.05) is 11.9 Å². The van der Waals surface area contributed by atoms with Gasteiger partial charge >= 0.3 is 6.18 Å². The molecule has 0 aliphatic heterocycles. The van der Waals surface area contributed by atoms with Crippen LogP contribution in [0.1, 0.15) is 20.3 Å². The fourth-order valence-corrected chi connectivity index (χ4v) is 1.87. The Morgan fingerprint density at radius 3 is 2.50 bits per heavy atom. The van der Waals surface area contributed by atoms with Gasteiger partial charge in [-0.25, -0.2) is 0 Å². The van der Waals surface area contributed by atoms with Crippen molar-refractivity contribution in [1.82, 2.24) is 5.32 Å². The Kier molecular flexibility index (Phi) is 5.59. The van der Waals surface area contributed by atoms with Crippen LogP contribution in [0.4, 0.5) is 18.9 Å². The molecule has 0 unspecified atom stereocenters. The van der Waals surface area contributed by atoms with Crippen molar-refractivity contribution in [3.8, 4) is 0 Å². The van der Waals surface area contributed by atoms with Crippen molar-refractivity contribution in [2.24, 2.45) is 0 Å². The zero-order valence-electron chi connectivity index (χ0n) is 11.1. The van der Waals surface area contributed by atoms with Crippen LogP contribution in [0, 0.1) is 0 Å². The van der Waals surface area contributed by atoms with Crippen LogP contribution in [0.3, 0.4) is 0 Å². The number of carbonyl (C=O) groups excluding carboxylic acids is 1. The van der Waals surface area contributed by atoms with Crippen LogP contribution >= 0.6 is 15.9 Å². The highest BCUT2D eigenvalue weighted by Gasteiger charge is 2.49. The molecule has 1 atom stereocenters. The maximum absolute atomic E-state index is 12.8. The van der Waals surface area contributed by atoms with Crippen LogP contribution in [0.5, 0.6) is 0 Å². The first-order valence-electron chi connectivity index (χ1n) is 6.05. The van der Waals surface area contributed by atoms with Gasteiger partial charge < -0.3 is 5.32 Å². The average Bonchev–Trinajstić information content (AvgIpc) is 2.34. The summed E-state index contributed by atoms with van der Waals surface area (Å²) in [7, 11) is 0. The second-order valence-corrected chi connectivity index (χ2v) is 5.51. The highest BCUT2D eigenvalue weighted by molar-refractivity contribution is 9.10. The molecule has 0 spiro atoms. The Hall–Kier alpha value is -1.08. The number of anilines is 1. The fraction of sp³-hybridized carbons (Fsp3) is 0.462. The Morgan fingerprint density at radius 2 is 2.00 bits per heavy atom. The van der Waals surface area contributed by atoms with Crippen LogP contribution in [0.15, 0.2) is 28.7 Å². The molecular formula is C13H16BrF3N2O. The molecule has 7 heteroatoms. The first-order chi connectivity index (χ1) is 9.18. The molecule has 0 heterocycles. The SMILES string of the molecule is CC[C@@](C)(NCC(=O)Nc1cccc(Br)c1)C(F)(F)F. The Morgan fingerprint density at radius 1 is 1.35 bits per heavy atom. The largest absolute Gasteiger partial charge is 0.406 e. The predicted molar refractivity (Wildman–Crippen MR) is 75.5 cm³/mol. The van der Waals surface area contributed by atoms with Gasteiger partial charge in [0.1, 0.15) is 5.54 Å². The third kappa shape index (κ3) is 4.49. The van der Waals surface area contributed by atoms with Crippen molar-refractivity contribution in [1.29, 1.82) is 0 Å². The summed E-state index contributed by atoms with van der Waals surface area (Å²) in [5.41, 5.74) is -1.54. The summed E-state index contributed by atoms with van der Waals surface area (Å²) in [6.07, 6.45) is -4.56. The molecule has 20 heavy (non-hydrogen) atoms. The third-order valence-electron chi connectivity index (χ3n) is 3.08. The van der Waals surface area contributed by atoms with Gasteiger partial charge in [-0.15, -0.1) is 0 Å². The van der Waals surface area contributed by atoms with E-state index in [-0.39, 0.29) is 6.42 Å². The average molecular weight is 353 g/mol. The molecule has 2 N–H and O–H groups in total. The lowest BCUT2D eigenvalue weighted by atomic mass is 9.98. The standard InChI is InChI=1S/C13H16BrF3N2O/c1-3-12(2,13(15,16)17)18-8-11(20)19-10-6-4-5-9(14)7-10/h4-7,18H,3,8H2,1-2H3,(H,19,20)/t12-/m1/s1. The van der Waals surface area contributed by atoms with Crippen molar-refractivity contribution in [2.45, 2.75) is 32.0 Å². The number of hydrogen-bond acceptors (Lipinski definition) is 2. The van der Waals surface area contributed by atoms with Crippen LogP contribution in [-0.4, -0.2) is 24.2 Å². The van der Waals surface area contributed by atoms with Gasteiger partial charge in [-0.1, -0.05) is 28.9 Å². The molecule has 3 nitrogen and oxygen atoms in total. The summed E-state index contributed by atoms with van der Waals surface area (Å²) < 4.78 is 39.3. The van der Waals surface area contributed by atoms with E-state index in [9.17, 15) is 18.0 Å². The van der Waals surface area contributed by atoms with Crippen LogP contribution < -0.4 is 10.6 Å². The van der Waals surface area contributed by atoms with Crippen molar-refractivity contribution >= 4 is 27.5 Å². The number of nitrogens with one attached hydrogen (secondary N) is 2. The number of hydrogen-bond donors (Lipinski definition) is 2. The molecule has 112 valence electrons. The number of carbonyl (C=O) groups is 1. The summed E-state index contributed by atoms with van der Waals surface area (Å²) in [4.78, 5) is 11.7. The third-order valence-corrected chi connectivity index (χ3v) is 3.57. The van der Waals surface area contributed by atoms with Crippen LogP contribution in [0.25, 0.3) is 0 Å². The van der Waals surface area contributed by atoms with Gasteiger partial charge in [0.2, 0.25) is 5.91 Å². The van der Waals surface area contributed by atoms with Gasteiger partial charge in [-0.2, -0.15) is 13.2 Å². The van der Waals surface area contributed by atoms with E-state index in [0.29, 0.717) is 5.69 Å². The zero-order valence-corrected chi connectivity index (χ0v) is 12.7. The monoisotopic (exact) mass is 352 g/mol. The summed E-state index contributed by atoms with van der Waals surface area (Å²) >= 11 is 3.24. The van der Waals surface area contributed by atoms with E-state index in [0.717, 1.165) is 11.4 Å². The maximum atomic E-state index is 12.8. The Bertz CT molecular complexity index is 479. The topological polar surface area (TPSA) is 41.1 Å². The maximum Gasteiger partial charge on any atom is 0.406 e. The minimum atomic E-state index is -4.40. The Labute approximate surface area is 124 Å². The van der Waals surface area contributed by atoms with E-state index in [4.69, 9.17) is 0 Å². The summed E-state index contributed by atoms with van der Waals surface area (Å²) in [5.74, 6) is -0.521. The molecule has 0 saturated carbocycles. The molecule has 0 bridgehead atoms. The summed E-state index contributed by atoms with van der Waals surface area (Å²) in [6.45, 7) is 2.06. The molecule has 0 fully saturated rings. The van der Waals surface area contributed by atoms with E-state index in [2.05, 4.69) is 26.6 Å². The zero-order chi connectivity index (χ0) is 15.4. The number of halogens is 4. The van der Waals surface area contributed by atoms with Crippen LogP contribution in [-0.2, 0) is 4.79 Å². The first kappa shape index (κ1) is 17.0. The lowest BCUT2D eigenvalue weighted by Crippen LogP contribution is -2.55. The lowest BCUT2D eigenvalue weighted by molar-refractivity contribution is -0.192. The highest BCUT2D eigenvalue weighted by atomic mass is 79.9. The molecule has 0 radical (unpaired) electrons. The van der Waals surface area contributed by atoms with Crippen molar-refractivity contribution in [3.05, 3.63) is 28.7 Å². The van der Waals surface area contributed by atoms with E-state index < -0.39 is 24.2 Å². The second-order valence-electron chi connectivity index (χ2n) is 4.60. The number of alkyl halides is 3. The number of benzene rings is 1. The van der Waals surface area contributed by atoms with Gasteiger partial charge in [0.15, 0.2) is 0 Å². The molecule has 0 aliphatic carbocycles. The molecule has 0 aromatic heterocycles. The van der Waals surface area contributed by atoms with Gasteiger partial charge in [0, 0.05) is 10.2 Å². The van der Waals surface area contributed by atoms with E-state index in [1.807, 2.05) is 0 Å². The smallest absolute Gasteiger partial charge is 0.325 e. The molecule has 0 saturated heterocycles. The molecule has 1 aromatic rings. The van der Waals surface area contributed by atoms with E-state index in [1.54, 1.807) is 24.3 Å². The van der Waals surface area contributed by atoms with Crippen LogP contribution in [0.2, 0.25) is 0 Å². The quantitative estimate of drug-likeness (QED) is 0.848. The summed E-state index contributed by atoms with van der Waals surface area (Å²) in [6, 6.07) is 6.83. The van der Waals surface area contributed by atoms with E-state index >= 15 is 0 Å². The number of amides is 1. The van der Waals surface area contributed by atoms with E-state index in [1.165, 1.54) is 6.92 Å². The molecule has 1 rings (SSSR count). The molecular weight excluding hydrogens is 337 g/mol. The minimum absolute atomic E-state index is 0.152. The Balaban J connectivity index is 2.59. The molecule has 1 aromatic carbocycles.